The second kappa shape index (κ2) is 4.72. The predicted octanol–water partition coefficient (Wildman–Crippen LogP) is 3.02. The lowest BCUT2D eigenvalue weighted by Gasteiger charge is -2.18. The lowest BCUT2D eigenvalue weighted by atomic mass is 10.1. The smallest absolute Gasteiger partial charge is 0.227 e. The fourth-order valence-corrected chi connectivity index (χ4v) is 2.42. The van der Waals surface area contributed by atoms with Gasteiger partial charge in [0.15, 0.2) is 5.82 Å². The summed E-state index contributed by atoms with van der Waals surface area (Å²) in [6, 6.07) is 2.57. The molecule has 92 valence electrons. The monoisotopic (exact) mass is 303 g/mol. The van der Waals surface area contributed by atoms with Crippen molar-refractivity contribution in [1.29, 1.82) is 0 Å². The molecule has 2 rings (SSSR count). The number of hydrogen-bond acceptors (Lipinski definition) is 1. The fourth-order valence-electron chi connectivity index (χ4n) is 1.99. The SMILES string of the molecule is Cc1ccc(F)c(N2CC(CBr)CC2=O)c1F. The molecule has 0 bridgehead atoms. The maximum Gasteiger partial charge on any atom is 0.227 e. The first-order valence-electron chi connectivity index (χ1n) is 5.35. The van der Waals surface area contributed by atoms with Crippen molar-refractivity contribution >= 4 is 27.5 Å². The third-order valence-corrected chi connectivity index (χ3v) is 3.87. The number of alkyl halides is 1. The molecule has 0 N–H and O–H groups in total. The van der Waals surface area contributed by atoms with Crippen molar-refractivity contribution in [2.45, 2.75) is 13.3 Å². The van der Waals surface area contributed by atoms with Crippen molar-refractivity contribution in [2.24, 2.45) is 5.92 Å². The topological polar surface area (TPSA) is 20.3 Å². The minimum Gasteiger partial charge on any atom is -0.307 e. The fraction of sp³-hybridized carbons (Fsp3) is 0.417. The van der Waals surface area contributed by atoms with Crippen LogP contribution in [0.15, 0.2) is 12.1 Å². The molecule has 1 unspecified atom stereocenters. The predicted molar refractivity (Wildman–Crippen MR) is 65.3 cm³/mol. The number of halogens is 3. The quantitative estimate of drug-likeness (QED) is 0.769. The van der Waals surface area contributed by atoms with Gasteiger partial charge in [-0.15, -0.1) is 0 Å². The first kappa shape index (κ1) is 12.5. The number of rotatable bonds is 2. The Morgan fingerprint density at radius 3 is 2.76 bits per heavy atom. The molecule has 0 aromatic heterocycles. The van der Waals surface area contributed by atoms with E-state index in [4.69, 9.17) is 0 Å². The first-order chi connectivity index (χ1) is 8.04. The summed E-state index contributed by atoms with van der Waals surface area (Å²) in [5, 5.41) is 0.657. The lowest BCUT2D eigenvalue weighted by Crippen LogP contribution is -2.27. The standard InChI is InChI=1S/C12H12BrF2NO/c1-7-2-3-9(14)12(11(7)15)16-6-8(5-13)4-10(16)17/h2-3,8H,4-6H2,1H3. The van der Waals surface area contributed by atoms with Gasteiger partial charge in [-0.05, 0) is 24.5 Å². The summed E-state index contributed by atoms with van der Waals surface area (Å²) in [6.45, 7) is 1.92. The van der Waals surface area contributed by atoms with Crippen molar-refractivity contribution in [3.8, 4) is 0 Å². The molecule has 1 aliphatic heterocycles. The van der Waals surface area contributed by atoms with E-state index in [2.05, 4.69) is 15.9 Å². The number of carbonyl (C=O) groups excluding carboxylic acids is 1. The summed E-state index contributed by atoms with van der Waals surface area (Å²) in [7, 11) is 0. The van der Waals surface area contributed by atoms with Crippen molar-refractivity contribution in [2.75, 3.05) is 16.8 Å². The Hall–Kier alpha value is -0.970. The van der Waals surface area contributed by atoms with E-state index < -0.39 is 11.6 Å². The van der Waals surface area contributed by atoms with E-state index >= 15 is 0 Å². The van der Waals surface area contributed by atoms with Crippen LogP contribution in [0.3, 0.4) is 0 Å². The Morgan fingerprint density at radius 1 is 1.47 bits per heavy atom. The van der Waals surface area contributed by atoms with E-state index in [1.165, 1.54) is 17.0 Å². The van der Waals surface area contributed by atoms with Gasteiger partial charge < -0.3 is 4.90 Å². The van der Waals surface area contributed by atoms with Crippen LogP contribution >= 0.6 is 15.9 Å². The van der Waals surface area contributed by atoms with Gasteiger partial charge in [0, 0.05) is 18.3 Å². The van der Waals surface area contributed by atoms with E-state index in [0.717, 1.165) is 0 Å². The summed E-state index contributed by atoms with van der Waals surface area (Å²) in [5.74, 6) is -1.44. The lowest BCUT2D eigenvalue weighted by molar-refractivity contribution is -0.117. The Labute approximate surface area is 107 Å². The molecule has 1 atom stereocenters. The van der Waals surface area contributed by atoms with Crippen LogP contribution < -0.4 is 4.90 Å². The number of carbonyl (C=O) groups is 1. The van der Waals surface area contributed by atoms with E-state index in [9.17, 15) is 13.6 Å². The van der Waals surface area contributed by atoms with Gasteiger partial charge in [0.2, 0.25) is 5.91 Å². The number of hydrogen-bond donors (Lipinski definition) is 0. The molecule has 1 aromatic carbocycles. The van der Waals surface area contributed by atoms with Crippen LogP contribution in [-0.2, 0) is 4.79 Å². The summed E-state index contributed by atoms with van der Waals surface area (Å²) < 4.78 is 27.5. The molecule has 0 saturated carbocycles. The molecule has 0 radical (unpaired) electrons. The summed E-state index contributed by atoms with van der Waals surface area (Å²) >= 11 is 3.29. The molecule has 1 aromatic rings. The highest BCUT2D eigenvalue weighted by Gasteiger charge is 2.33. The maximum atomic E-state index is 13.9. The Bertz CT molecular complexity index is 464. The van der Waals surface area contributed by atoms with E-state index in [1.54, 1.807) is 6.92 Å². The van der Waals surface area contributed by atoms with Crippen LogP contribution in [0.4, 0.5) is 14.5 Å². The van der Waals surface area contributed by atoms with Gasteiger partial charge in [-0.2, -0.15) is 0 Å². The minimum absolute atomic E-state index is 0.113. The largest absolute Gasteiger partial charge is 0.307 e. The zero-order chi connectivity index (χ0) is 12.6. The maximum absolute atomic E-state index is 13.9. The number of amides is 1. The molecule has 0 aliphatic carbocycles. The number of benzene rings is 1. The molecular weight excluding hydrogens is 292 g/mol. The normalized spacial score (nSPS) is 20.1. The molecule has 1 aliphatic rings. The summed E-state index contributed by atoms with van der Waals surface area (Å²) in [5.41, 5.74) is 0.134. The molecule has 5 heteroatoms. The van der Waals surface area contributed by atoms with Crippen molar-refractivity contribution in [3.05, 3.63) is 29.3 Å². The van der Waals surface area contributed by atoms with Crippen LogP contribution in [0.25, 0.3) is 0 Å². The molecule has 2 nitrogen and oxygen atoms in total. The molecule has 1 heterocycles. The Morgan fingerprint density at radius 2 is 2.18 bits per heavy atom. The van der Waals surface area contributed by atoms with Crippen LogP contribution in [-0.4, -0.2) is 17.8 Å². The van der Waals surface area contributed by atoms with Crippen molar-refractivity contribution in [3.63, 3.8) is 0 Å². The third-order valence-electron chi connectivity index (χ3n) is 2.95. The highest BCUT2D eigenvalue weighted by Crippen LogP contribution is 2.31. The molecule has 1 fully saturated rings. The average Bonchev–Trinajstić information content (AvgIpc) is 2.66. The number of anilines is 1. The zero-order valence-corrected chi connectivity index (χ0v) is 10.9. The highest BCUT2D eigenvalue weighted by molar-refractivity contribution is 9.09. The van der Waals surface area contributed by atoms with Crippen LogP contribution in [0.5, 0.6) is 0 Å². The van der Waals surface area contributed by atoms with Crippen LogP contribution in [0.1, 0.15) is 12.0 Å². The van der Waals surface area contributed by atoms with Crippen molar-refractivity contribution in [1.82, 2.24) is 0 Å². The third kappa shape index (κ3) is 2.20. The van der Waals surface area contributed by atoms with Crippen molar-refractivity contribution < 1.29 is 13.6 Å². The van der Waals surface area contributed by atoms with E-state index in [-0.39, 0.29) is 17.5 Å². The molecule has 17 heavy (non-hydrogen) atoms. The second-order valence-electron chi connectivity index (χ2n) is 4.26. The van der Waals surface area contributed by atoms with E-state index in [0.29, 0.717) is 23.9 Å². The summed E-state index contributed by atoms with van der Waals surface area (Å²) in [4.78, 5) is 12.9. The Balaban J connectivity index is 2.41. The molecule has 0 spiro atoms. The van der Waals surface area contributed by atoms with Gasteiger partial charge in [-0.1, -0.05) is 22.0 Å². The van der Waals surface area contributed by atoms with Crippen LogP contribution in [0.2, 0.25) is 0 Å². The molecule has 1 amide bonds. The van der Waals surface area contributed by atoms with Gasteiger partial charge in [0.05, 0.1) is 0 Å². The second-order valence-corrected chi connectivity index (χ2v) is 4.90. The Kier molecular flexibility index (Phi) is 3.47. The van der Waals surface area contributed by atoms with Gasteiger partial charge >= 0.3 is 0 Å². The number of nitrogens with zero attached hydrogens (tertiary/aromatic N) is 1. The van der Waals surface area contributed by atoms with Crippen LogP contribution in [0, 0.1) is 24.5 Å². The minimum atomic E-state index is -0.684. The molecule has 1 saturated heterocycles. The average molecular weight is 304 g/mol. The summed E-state index contributed by atoms with van der Waals surface area (Å²) in [6.07, 6.45) is 0.331. The van der Waals surface area contributed by atoms with Gasteiger partial charge in [0.1, 0.15) is 11.5 Å². The molecular formula is C12H12BrF2NO. The van der Waals surface area contributed by atoms with Gasteiger partial charge in [-0.3, -0.25) is 4.79 Å². The van der Waals surface area contributed by atoms with Gasteiger partial charge in [-0.25, -0.2) is 8.78 Å². The van der Waals surface area contributed by atoms with E-state index in [1.807, 2.05) is 0 Å². The highest BCUT2D eigenvalue weighted by atomic mass is 79.9. The first-order valence-corrected chi connectivity index (χ1v) is 6.47. The number of aryl methyl sites for hydroxylation is 1. The van der Waals surface area contributed by atoms with Gasteiger partial charge in [0.25, 0.3) is 0 Å². The zero-order valence-electron chi connectivity index (χ0n) is 9.34.